The third kappa shape index (κ3) is 2.50. The van der Waals surface area contributed by atoms with Crippen molar-refractivity contribution in [1.82, 2.24) is 19.6 Å². The van der Waals surface area contributed by atoms with Gasteiger partial charge in [-0.1, -0.05) is 0 Å². The number of halogens is 3. The summed E-state index contributed by atoms with van der Waals surface area (Å²) in [7, 11) is 1.47. The highest BCUT2D eigenvalue weighted by Crippen LogP contribution is 2.37. The average molecular weight is 358 g/mol. The predicted molar refractivity (Wildman–Crippen MR) is 84.1 cm³/mol. The van der Waals surface area contributed by atoms with Gasteiger partial charge in [-0.3, -0.25) is 14.4 Å². The Kier molecular flexibility index (Phi) is 3.61. The Hall–Kier alpha value is -1.61. The highest BCUT2D eigenvalue weighted by molar-refractivity contribution is 7.20. The zero-order chi connectivity index (χ0) is 17.1. The first-order valence-electron chi connectivity index (χ1n) is 7.91. The number of carbonyl (C=O) groups excluding carboxylic acids is 1. The molecule has 0 bridgehead atoms. The van der Waals surface area contributed by atoms with Crippen LogP contribution in [-0.4, -0.2) is 57.7 Å². The summed E-state index contributed by atoms with van der Waals surface area (Å²) in [5, 5.41) is 3.56. The van der Waals surface area contributed by atoms with E-state index in [0.717, 1.165) is 37.3 Å². The molecule has 2 saturated heterocycles. The van der Waals surface area contributed by atoms with Crippen LogP contribution in [0.5, 0.6) is 0 Å². The molecule has 4 heterocycles. The molecule has 24 heavy (non-hydrogen) atoms. The second kappa shape index (κ2) is 5.45. The molecule has 0 radical (unpaired) electrons. The van der Waals surface area contributed by atoms with Crippen LogP contribution >= 0.6 is 11.3 Å². The van der Waals surface area contributed by atoms with E-state index in [1.807, 2.05) is 0 Å². The van der Waals surface area contributed by atoms with E-state index in [2.05, 4.69) is 10.00 Å². The van der Waals surface area contributed by atoms with Crippen molar-refractivity contribution in [2.24, 2.45) is 7.05 Å². The maximum Gasteiger partial charge on any atom is 0.435 e. The van der Waals surface area contributed by atoms with Crippen LogP contribution in [0, 0.1) is 0 Å². The van der Waals surface area contributed by atoms with Crippen molar-refractivity contribution in [3.63, 3.8) is 0 Å². The molecule has 130 valence electrons. The first-order chi connectivity index (χ1) is 11.3. The highest BCUT2D eigenvalue weighted by atomic mass is 32.1. The van der Waals surface area contributed by atoms with Crippen molar-refractivity contribution in [2.45, 2.75) is 25.1 Å². The molecule has 0 aromatic carbocycles. The zero-order valence-electron chi connectivity index (χ0n) is 13.1. The van der Waals surface area contributed by atoms with Gasteiger partial charge in [0.1, 0.15) is 4.83 Å². The molecule has 2 aromatic rings. The second-order valence-electron chi connectivity index (χ2n) is 6.38. The molecule has 2 aromatic heterocycles. The summed E-state index contributed by atoms with van der Waals surface area (Å²) < 4.78 is 40.4. The van der Waals surface area contributed by atoms with Crippen LogP contribution in [0.3, 0.4) is 0 Å². The number of hydrogen-bond donors (Lipinski definition) is 0. The van der Waals surface area contributed by atoms with E-state index >= 15 is 0 Å². The van der Waals surface area contributed by atoms with Crippen LogP contribution in [0.4, 0.5) is 13.2 Å². The quantitative estimate of drug-likeness (QED) is 0.787. The van der Waals surface area contributed by atoms with Crippen LogP contribution in [-0.2, 0) is 13.2 Å². The number of fused-ring (bicyclic) bond motifs is 2. The Balaban J connectivity index is 1.63. The lowest BCUT2D eigenvalue weighted by molar-refractivity contribution is -0.140. The highest BCUT2D eigenvalue weighted by Gasteiger charge is 2.38. The minimum atomic E-state index is -4.52. The van der Waals surface area contributed by atoms with Gasteiger partial charge >= 0.3 is 6.18 Å². The zero-order valence-corrected chi connectivity index (χ0v) is 14.0. The van der Waals surface area contributed by atoms with Gasteiger partial charge in [0.05, 0.1) is 4.88 Å². The van der Waals surface area contributed by atoms with E-state index in [9.17, 15) is 18.0 Å². The number of piperazine rings is 1. The Morgan fingerprint density at radius 3 is 2.88 bits per heavy atom. The third-order valence-electron chi connectivity index (χ3n) is 4.87. The number of nitrogens with zero attached hydrogens (tertiary/aromatic N) is 4. The van der Waals surface area contributed by atoms with Gasteiger partial charge in [0.15, 0.2) is 5.69 Å². The fourth-order valence-electron chi connectivity index (χ4n) is 3.69. The number of aromatic nitrogens is 2. The molecule has 0 saturated carbocycles. The molecule has 2 fully saturated rings. The van der Waals surface area contributed by atoms with E-state index < -0.39 is 11.9 Å². The van der Waals surface area contributed by atoms with Gasteiger partial charge in [-0.25, -0.2) is 0 Å². The van der Waals surface area contributed by atoms with Crippen LogP contribution in [0.15, 0.2) is 6.07 Å². The largest absolute Gasteiger partial charge is 0.435 e. The summed E-state index contributed by atoms with van der Waals surface area (Å²) in [6.45, 7) is 3.22. The van der Waals surface area contributed by atoms with Crippen molar-refractivity contribution in [3.8, 4) is 0 Å². The van der Waals surface area contributed by atoms with Crippen molar-refractivity contribution in [2.75, 3.05) is 26.2 Å². The van der Waals surface area contributed by atoms with E-state index in [0.29, 0.717) is 28.8 Å². The van der Waals surface area contributed by atoms with Gasteiger partial charge < -0.3 is 4.90 Å². The molecule has 5 nitrogen and oxygen atoms in total. The Labute approximate surface area is 140 Å². The summed E-state index contributed by atoms with van der Waals surface area (Å²) in [6, 6.07) is 1.74. The van der Waals surface area contributed by atoms with Gasteiger partial charge in [0, 0.05) is 38.1 Å². The topological polar surface area (TPSA) is 41.4 Å². The maximum absolute atomic E-state index is 13.1. The molecule has 2 aliphatic heterocycles. The minimum Gasteiger partial charge on any atom is -0.335 e. The first-order valence-corrected chi connectivity index (χ1v) is 8.73. The Morgan fingerprint density at radius 1 is 1.33 bits per heavy atom. The molecule has 0 spiro atoms. The summed E-state index contributed by atoms with van der Waals surface area (Å²) in [6.07, 6.45) is -2.29. The minimum absolute atomic E-state index is 0.0119. The molecule has 0 aliphatic carbocycles. The standard InChI is InChI=1S/C15H17F3N4OS/c1-20-14-10(12(19-20)15(16,17)18)7-11(24-14)13(23)22-6-5-21-4-2-3-9(21)8-22/h7,9H,2-6,8H2,1H3. The number of aryl methyl sites for hydroxylation is 1. The molecule has 0 N–H and O–H groups in total. The number of rotatable bonds is 1. The summed E-state index contributed by atoms with van der Waals surface area (Å²) >= 11 is 1.08. The van der Waals surface area contributed by atoms with Crippen molar-refractivity contribution < 1.29 is 18.0 Å². The number of hydrogen-bond acceptors (Lipinski definition) is 4. The molecular weight excluding hydrogens is 341 g/mol. The summed E-state index contributed by atoms with van der Waals surface area (Å²) in [5.41, 5.74) is -0.920. The predicted octanol–water partition coefficient (Wildman–Crippen LogP) is 2.57. The monoisotopic (exact) mass is 358 g/mol. The van der Waals surface area contributed by atoms with E-state index in [-0.39, 0.29) is 11.3 Å². The van der Waals surface area contributed by atoms with Crippen molar-refractivity contribution in [1.29, 1.82) is 0 Å². The first kappa shape index (κ1) is 15.9. The number of alkyl halides is 3. The molecule has 1 amide bonds. The van der Waals surface area contributed by atoms with Gasteiger partial charge in [-0.2, -0.15) is 18.3 Å². The molecule has 9 heteroatoms. The van der Waals surface area contributed by atoms with Crippen LogP contribution in [0.25, 0.3) is 10.2 Å². The number of carbonyl (C=O) groups is 1. The fraction of sp³-hybridized carbons (Fsp3) is 0.600. The maximum atomic E-state index is 13.1. The van der Waals surface area contributed by atoms with Crippen molar-refractivity contribution in [3.05, 3.63) is 16.6 Å². The Morgan fingerprint density at radius 2 is 2.12 bits per heavy atom. The molecular formula is C15H17F3N4OS. The SMILES string of the molecule is Cn1nc(C(F)(F)F)c2cc(C(=O)N3CCN4CCCC4C3)sc21. The van der Waals surface area contributed by atoms with Gasteiger partial charge in [0.2, 0.25) is 0 Å². The van der Waals surface area contributed by atoms with Crippen LogP contribution < -0.4 is 0 Å². The van der Waals surface area contributed by atoms with Gasteiger partial charge in [0.25, 0.3) is 5.91 Å². The molecule has 4 rings (SSSR count). The summed E-state index contributed by atoms with van der Waals surface area (Å²) in [5.74, 6) is -0.170. The Bertz CT molecular complexity index is 797. The number of thiophene rings is 1. The van der Waals surface area contributed by atoms with Crippen LogP contribution in [0.2, 0.25) is 0 Å². The molecule has 1 unspecified atom stereocenters. The smallest absolute Gasteiger partial charge is 0.335 e. The van der Waals surface area contributed by atoms with Gasteiger partial charge in [-0.15, -0.1) is 11.3 Å². The van der Waals surface area contributed by atoms with Crippen molar-refractivity contribution >= 4 is 27.5 Å². The lowest BCUT2D eigenvalue weighted by atomic mass is 10.1. The number of amides is 1. The lowest BCUT2D eigenvalue weighted by Crippen LogP contribution is -2.51. The van der Waals surface area contributed by atoms with Gasteiger partial charge in [-0.05, 0) is 25.5 Å². The van der Waals surface area contributed by atoms with E-state index in [1.54, 1.807) is 4.90 Å². The second-order valence-corrected chi connectivity index (χ2v) is 7.41. The molecule has 1 atom stereocenters. The summed E-state index contributed by atoms with van der Waals surface area (Å²) in [4.78, 5) is 17.6. The van der Waals surface area contributed by atoms with Crippen LogP contribution in [0.1, 0.15) is 28.2 Å². The normalized spacial score (nSPS) is 22.3. The average Bonchev–Trinajstić information content (AvgIpc) is 3.21. The fourth-order valence-corrected chi connectivity index (χ4v) is 4.73. The third-order valence-corrected chi connectivity index (χ3v) is 6.06. The van der Waals surface area contributed by atoms with E-state index in [4.69, 9.17) is 0 Å². The lowest BCUT2D eigenvalue weighted by Gasteiger charge is -2.37. The molecule has 2 aliphatic rings. The van der Waals surface area contributed by atoms with E-state index in [1.165, 1.54) is 17.8 Å².